The molecule has 2 rings (SSSR count). The van der Waals surface area contributed by atoms with Crippen LogP contribution in [0.4, 0.5) is 0 Å². The molecule has 1 saturated heterocycles. The third kappa shape index (κ3) is 3.75. The average molecular weight is 265 g/mol. The second kappa shape index (κ2) is 5.76. The summed E-state index contributed by atoms with van der Waals surface area (Å²) in [6.07, 6.45) is 1.22. The van der Waals surface area contributed by atoms with E-state index in [1.165, 1.54) is 4.90 Å². The zero-order valence-electron chi connectivity index (χ0n) is 10.6. The first-order valence-corrected chi connectivity index (χ1v) is 7.23. The summed E-state index contributed by atoms with van der Waals surface area (Å²) >= 11 is 1.70. The fraction of sp³-hybridized carbons (Fsp3) is 0.500. The minimum absolute atomic E-state index is 0.149. The molecule has 1 amide bonds. The summed E-state index contributed by atoms with van der Waals surface area (Å²) in [6.45, 7) is 2.95. The predicted octanol–water partition coefficient (Wildman–Crippen LogP) is 2.15. The number of benzene rings is 1. The summed E-state index contributed by atoms with van der Waals surface area (Å²) < 4.78 is 0. The van der Waals surface area contributed by atoms with Crippen LogP contribution in [0.15, 0.2) is 35.2 Å². The smallest absolute Gasteiger partial charge is 0.223 e. The third-order valence-electron chi connectivity index (χ3n) is 3.13. The van der Waals surface area contributed by atoms with E-state index in [0.717, 1.165) is 5.75 Å². The van der Waals surface area contributed by atoms with E-state index < -0.39 is 5.60 Å². The van der Waals surface area contributed by atoms with E-state index in [9.17, 15) is 9.90 Å². The van der Waals surface area contributed by atoms with E-state index in [1.54, 1.807) is 23.6 Å². The second-order valence-electron chi connectivity index (χ2n) is 4.97. The highest BCUT2D eigenvalue weighted by atomic mass is 32.2. The largest absolute Gasteiger partial charge is 0.388 e. The third-order valence-corrected chi connectivity index (χ3v) is 4.15. The molecule has 0 aliphatic carbocycles. The SMILES string of the molecule is CC1(O)CCN(C(=O)CCSc2ccccc2)C1. The standard InChI is InChI=1S/C14H19NO2S/c1-14(17)8-9-15(11-14)13(16)7-10-18-12-5-3-2-4-6-12/h2-6,17H,7-11H2,1H3. The van der Waals surface area contributed by atoms with Crippen molar-refractivity contribution in [3.63, 3.8) is 0 Å². The lowest BCUT2D eigenvalue weighted by Gasteiger charge is -2.18. The fourth-order valence-electron chi connectivity index (χ4n) is 2.09. The maximum Gasteiger partial charge on any atom is 0.223 e. The Labute approximate surface area is 112 Å². The second-order valence-corrected chi connectivity index (χ2v) is 6.14. The Hall–Kier alpha value is -1.00. The molecule has 0 radical (unpaired) electrons. The van der Waals surface area contributed by atoms with Gasteiger partial charge in [0.1, 0.15) is 0 Å². The van der Waals surface area contributed by atoms with Gasteiger partial charge in [0.05, 0.1) is 5.60 Å². The van der Waals surface area contributed by atoms with Crippen LogP contribution in [0, 0.1) is 0 Å². The molecule has 1 aromatic rings. The van der Waals surface area contributed by atoms with Gasteiger partial charge in [-0.05, 0) is 25.5 Å². The molecular weight excluding hydrogens is 246 g/mol. The molecule has 1 aliphatic heterocycles. The lowest BCUT2D eigenvalue weighted by molar-refractivity contribution is -0.130. The quantitative estimate of drug-likeness (QED) is 0.848. The number of aliphatic hydroxyl groups is 1. The summed E-state index contributed by atoms with van der Waals surface area (Å²) in [5, 5.41) is 9.82. The number of carbonyl (C=O) groups excluding carboxylic acids is 1. The zero-order valence-corrected chi connectivity index (χ0v) is 11.4. The number of carbonyl (C=O) groups is 1. The van der Waals surface area contributed by atoms with Crippen molar-refractivity contribution in [3.05, 3.63) is 30.3 Å². The highest BCUT2D eigenvalue weighted by molar-refractivity contribution is 7.99. The Bertz CT molecular complexity index is 406. The van der Waals surface area contributed by atoms with Gasteiger partial charge in [-0.3, -0.25) is 4.79 Å². The van der Waals surface area contributed by atoms with Crippen molar-refractivity contribution >= 4 is 17.7 Å². The highest BCUT2D eigenvalue weighted by Gasteiger charge is 2.33. The molecule has 1 heterocycles. The van der Waals surface area contributed by atoms with Crippen LogP contribution in [0.1, 0.15) is 19.8 Å². The highest BCUT2D eigenvalue weighted by Crippen LogP contribution is 2.22. The molecular formula is C14H19NO2S. The molecule has 0 spiro atoms. The van der Waals surface area contributed by atoms with E-state index in [1.807, 2.05) is 18.2 Å². The summed E-state index contributed by atoms with van der Waals surface area (Å²) in [4.78, 5) is 14.9. The molecule has 1 fully saturated rings. The minimum Gasteiger partial charge on any atom is -0.388 e. The first kappa shape index (κ1) is 13.4. The van der Waals surface area contributed by atoms with Crippen molar-refractivity contribution in [1.82, 2.24) is 4.90 Å². The van der Waals surface area contributed by atoms with Crippen LogP contribution in [0.2, 0.25) is 0 Å². The molecule has 0 aromatic heterocycles. The topological polar surface area (TPSA) is 40.5 Å². The number of hydrogen-bond donors (Lipinski definition) is 1. The number of likely N-dealkylation sites (tertiary alicyclic amines) is 1. The van der Waals surface area contributed by atoms with Gasteiger partial charge in [-0.1, -0.05) is 18.2 Å². The monoisotopic (exact) mass is 265 g/mol. The molecule has 98 valence electrons. The van der Waals surface area contributed by atoms with Crippen LogP contribution in [0.3, 0.4) is 0 Å². The number of hydrogen-bond acceptors (Lipinski definition) is 3. The lowest BCUT2D eigenvalue weighted by Crippen LogP contribution is -2.34. The maximum atomic E-state index is 11.9. The number of thioether (sulfide) groups is 1. The number of nitrogens with zero attached hydrogens (tertiary/aromatic N) is 1. The first-order chi connectivity index (χ1) is 8.57. The Balaban J connectivity index is 1.73. The number of amides is 1. The number of β-amino-alcohol motifs (C(OH)–C–C–N with tert-alkyl or cyclic N) is 1. The summed E-state index contributed by atoms with van der Waals surface area (Å²) in [5.74, 6) is 0.942. The Morgan fingerprint density at radius 1 is 1.44 bits per heavy atom. The molecule has 1 atom stereocenters. The minimum atomic E-state index is -0.692. The van der Waals surface area contributed by atoms with Gasteiger partial charge >= 0.3 is 0 Å². The molecule has 1 unspecified atom stereocenters. The van der Waals surface area contributed by atoms with Gasteiger partial charge in [0.15, 0.2) is 0 Å². The van der Waals surface area contributed by atoms with Crippen LogP contribution < -0.4 is 0 Å². The van der Waals surface area contributed by atoms with Crippen LogP contribution in [0.25, 0.3) is 0 Å². The molecule has 3 nitrogen and oxygen atoms in total. The molecule has 1 N–H and O–H groups in total. The van der Waals surface area contributed by atoms with Gasteiger partial charge < -0.3 is 10.0 Å². The Morgan fingerprint density at radius 2 is 2.17 bits per heavy atom. The van der Waals surface area contributed by atoms with Crippen molar-refractivity contribution in [2.45, 2.75) is 30.3 Å². The van der Waals surface area contributed by atoms with Crippen molar-refractivity contribution in [3.8, 4) is 0 Å². The molecule has 18 heavy (non-hydrogen) atoms. The van der Waals surface area contributed by atoms with Crippen LogP contribution in [-0.2, 0) is 4.79 Å². The molecule has 1 aromatic carbocycles. The molecule has 1 aliphatic rings. The van der Waals surface area contributed by atoms with Gasteiger partial charge in [-0.25, -0.2) is 0 Å². The predicted molar refractivity (Wildman–Crippen MR) is 73.6 cm³/mol. The van der Waals surface area contributed by atoms with E-state index in [2.05, 4.69) is 12.1 Å². The van der Waals surface area contributed by atoms with Crippen molar-refractivity contribution in [2.75, 3.05) is 18.8 Å². The van der Waals surface area contributed by atoms with Gasteiger partial charge in [0.2, 0.25) is 5.91 Å². The van der Waals surface area contributed by atoms with E-state index in [-0.39, 0.29) is 5.91 Å². The van der Waals surface area contributed by atoms with E-state index in [4.69, 9.17) is 0 Å². The van der Waals surface area contributed by atoms with Crippen LogP contribution >= 0.6 is 11.8 Å². The van der Waals surface area contributed by atoms with Gasteiger partial charge in [-0.15, -0.1) is 11.8 Å². The summed E-state index contributed by atoms with van der Waals surface area (Å²) in [5.41, 5.74) is -0.692. The van der Waals surface area contributed by atoms with Crippen molar-refractivity contribution < 1.29 is 9.90 Å². The van der Waals surface area contributed by atoms with Gasteiger partial charge in [0, 0.05) is 30.2 Å². The molecule has 0 bridgehead atoms. The van der Waals surface area contributed by atoms with E-state index in [0.29, 0.717) is 25.9 Å². The Kier molecular flexibility index (Phi) is 4.30. The Morgan fingerprint density at radius 3 is 2.78 bits per heavy atom. The summed E-state index contributed by atoms with van der Waals surface area (Å²) in [7, 11) is 0. The molecule has 0 saturated carbocycles. The van der Waals surface area contributed by atoms with Crippen LogP contribution in [-0.4, -0.2) is 40.4 Å². The fourth-order valence-corrected chi connectivity index (χ4v) is 2.95. The first-order valence-electron chi connectivity index (χ1n) is 6.25. The van der Waals surface area contributed by atoms with E-state index >= 15 is 0 Å². The lowest BCUT2D eigenvalue weighted by atomic mass is 10.1. The normalized spacial score (nSPS) is 23.3. The molecule has 4 heteroatoms. The van der Waals surface area contributed by atoms with Gasteiger partial charge in [0.25, 0.3) is 0 Å². The van der Waals surface area contributed by atoms with Crippen molar-refractivity contribution in [2.24, 2.45) is 0 Å². The van der Waals surface area contributed by atoms with Crippen molar-refractivity contribution in [1.29, 1.82) is 0 Å². The number of rotatable bonds is 4. The summed E-state index contributed by atoms with van der Waals surface area (Å²) in [6, 6.07) is 10.1. The van der Waals surface area contributed by atoms with Crippen LogP contribution in [0.5, 0.6) is 0 Å². The maximum absolute atomic E-state index is 11.9. The van der Waals surface area contributed by atoms with Gasteiger partial charge in [-0.2, -0.15) is 0 Å². The zero-order chi connectivity index (χ0) is 13.0. The average Bonchev–Trinajstić information content (AvgIpc) is 2.71.